The van der Waals surface area contributed by atoms with Crippen LogP contribution in [0.25, 0.3) is 0 Å². The number of rotatable bonds is 6. The molecule has 7 nitrogen and oxygen atoms in total. The van der Waals surface area contributed by atoms with Crippen LogP contribution in [-0.2, 0) is 11.3 Å². The molecule has 3 heterocycles. The van der Waals surface area contributed by atoms with Gasteiger partial charge in [0.05, 0.1) is 5.69 Å². The summed E-state index contributed by atoms with van der Waals surface area (Å²) in [4.78, 5) is 39.9. The molecule has 0 unspecified atom stereocenters. The molecule has 0 aliphatic carbocycles. The Bertz CT molecular complexity index is 1060. The molecule has 3 atom stereocenters. The first-order valence-corrected chi connectivity index (χ1v) is 12.1. The molecule has 2 bridgehead atoms. The Labute approximate surface area is 190 Å². The number of urea groups is 1. The number of amides is 3. The van der Waals surface area contributed by atoms with Crippen LogP contribution in [-0.4, -0.2) is 52.5 Å². The van der Waals surface area contributed by atoms with Crippen LogP contribution in [0.15, 0.2) is 47.3 Å². The van der Waals surface area contributed by atoms with E-state index in [9.17, 15) is 18.8 Å². The highest BCUT2D eigenvalue weighted by Gasteiger charge is 2.37. The van der Waals surface area contributed by atoms with Gasteiger partial charge in [-0.25, -0.2) is 9.18 Å². The maximum Gasteiger partial charge on any atom is 0.318 e. The molecule has 3 amide bonds. The molecule has 1 aromatic carbocycles. The van der Waals surface area contributed by atoms with E-state index in [-0.39, 0.29) is 29.1 Å². The van der Waals surface area contributed by atoms with Crippen LogP contribution in [0.1, 0.15) is 24.5 Å². The fraction of sp³-hybridized carbons (Fsp3) is 0.435. The third-order valence-corrected chi connectivity index (χ3v) is 6.77. The second kappa shape index (κ2) is 9.77. The number of para-hydroxylation sites is 1. The molecule has 32 heavy (non-hydrogen) atoms. The van der Waals surface area contributed by atoms with Gasteiger partial charge in [0.25, 0.3) is 5.56 Å². The third kappa shape index (κ3) is 4.82. The number of likely N-dealkylation sites (tertiary alicyclic amines) is 1. The predicted octanol–water partition coefficient (Wildman–Crippen LogP) is 2.88. The summed E-state index contributed by atoms with van der Waals surface area (Å²) < 4.78 is 15.8. The minimum absolute atomic E-state index is 0.00273. The van der Waals surface area contributed by atoms with Crippen molar-refractivity contribution in [3.8, 4) is 0 Å². The lowest BCUT2D eigenvalue weighted by molar-refractivity contribution is -0.118. The molecule has 2 aromatic rings. The van der Waals surface area contributed by atoms with Gasteiger partial charge in [0.15, 0.2) is 0 Å². The summed E-state index contributed by atoms with van der Waals surface area (Å²) in [6.45, 7) is 1.63. The van der Waals surface area contributed by atoms with E-state index in [4.69, 9.17) is 0 Å². The average Bonchev–Trinajstić information content (AvgIpc) is 2.78. The zero-order valence-corrected chi connectivity index (χ0v) is 18.7. The molecule has 170 valence electrons. The Morgan fingerprint density at radius 3 is 2.75 bits per heavy atom. The van der Waals surface area contributed by atoms with E-state index in [0.717, 1.165) is 12.1 Å². The van der Waals surface area contributed by atoms with E-state index in [1.54, 1.807) is 40.9 Å². The van der Waals surface area contributed by atoms with Gasteiger partial charge in [-0.1, -0.05) is 18.2 Å². The number of nitrogens with one attached hydrogen (secondary N) is 2. The van der Waals surface area contributed by atoms with Crippen LogP contribution < -0.4 is 16.2 Å². The summed E-state index contributed by atoms with van der Waals surface area (Å²) in [7, 11) is 0. The van der Waals surface area contributed by atoms with Gasteiger partial charge in [-0.3, -0.25) is 9.59 Å². The number of aromatic nitrogens is 1. The van der Waals surface area contributed by atoms with E-state index >= 15 is 0 Å². The van der Waals surface area contributed by atoms with Crippen molar-refractivity contribution in [3.63, 3.8) is 0 Å². The molecule has 1 fully saturated rings. The van der Waals surface area contributed by atoms with Gasteiger partial charge in [0.2, 0.25) is 5.91 Å². The molecule has 9 heteroatoms. The van der Waals surface area contributed by atoms with Crippen LogP contribution in [0.3, 0.4) is 0 Å². The molecular weight excluding hydrogens is 431 g/mol. The predicted molar refractivity (Wildman–Crippen MR) is 123 cm³/mol. The Hall–Kier alpha value is -2.81. The van der Waals surface area contributed by atoms with Crippen LogP contribution in [0, 0.1) is 11.7 Å². The highest BCUT2D eigenvalue weighted by atomic mass is 32.2. The van der Waals surface area contributed by atoms with Crippen LogP contribution in [0.5, 0.6) is 0 Å². The number of piperidine rings is 1. The van der Waals surface area contributed by atoms with Crippen molar-refractivity contribution in [1.29, 1.82) is 0 Å². The van der Waals surface area contributed by atoms with Gasteiger partial charge in [-0.2, -0.15) is 11.8 Å². The summed E-state index contributed by atoms with van der Waals surface area (Å²) in [6.07, 6.45) is 3.31. The minimum Gasteiger partial charge on any atom is -0.326 e. The monoisotopic (exact) mass is 458 g/mol. The molecule has 2 aliphatic heterocycles. The second-order valence-corrected chi connectivity index (χ2v) is 9.34. The fourth-order valence-corrected chi connectivity index (χ4v) is 5.06. The van der Waals surface area contributed by atoms with Gasteiger partial charge in [-0.15, -0.1) is 0 Å². The normalized spacial score (nSPS) is 20.2. The van der Waals surface area contributed by atoms with E-state index in [1.807, 2.05) is 16.9 Å². The maximum atomic E-state index is 14.0. The Balaban J connectivity index is 1.45. The summed E-state index contributed by atoms with van der Waals surface area (Å²) >= 11 is 1.58. The van der Waals surface area contributed by atoms with Gasteiger partial charge in [-0.05, 0) is 49.0 Å². The molecule has 0 spiro atoms. The molecule has 2 N–H and O–H groups in total. The SMILES string of the molecule is CSCC[C@H](NC(=O)N1C[C@H]2C[C@@H](C1)c1cccc(=O)n1C2)C(=O)Nc1ccccc1F. The average molecular weight is 459 g/mol. The van der Waals surface area contributed by atoms with Crippen LogP contribution in [0.4, 0.5) is 14.9 Å². The first-order valence-electron chi connectivity index (χ1n) is 10.8. The zero-order chi connectivity index (χ0) is 22.7. The van der Waals surface area contributed by atoms with Gasteiger partial charge in [0.1, 0.15) is 11.9 Å². The van der Waals surface area contributed by atoms with E-state index < -0.39 is 17.8 Å². The standard InChI is InChI=1S/C23H27FN4O3S/c1-32-10-9-19(22(30)25-18-6-3-2-5-17(18)24)26-23(31)27-12-15-11-16(14-27)20-7-4-8-21(29)28(20)13-15/h2-8,15-16,19H,9-14H2,1H3,(H,25,30)(H,26,31)/t15-,16+,19+/m1/s1. The van der Waals surface area contributed by atoms with Crippen molar-refractivity contribution in [2.45, 2.75) is 31.3 Å². The topological polar surface area (TPSA) is 83.4 Å². The lowest BCUT2D eigenvalue weighted by Gasteiger charge is -2.43. The number of fused-ring (bicyclic) bond motifs is 4. The molecule has 0 radical (unpaired) electrons. The minimum atomic E-state index is -0.772. The number of carbonyl (C=O) groups excluding carboxylic acids is 2. The summed E-state index contributed by atoms with van der Waals surface area (Å²) in [5.41, 5.74) is 1.05. The quantitative estimate of drug-likeness (QED) is 0.697. The Morgan fingerprint density at radius 1 is 1.16 bits per heavy atom. The number of hydrogen-bond acceptors (Lipinski definition) is 4. The summed E-state index contributed by atoms with van der Waals surface area (Å²) in [5, 5.41) is 5.45. The van der Waals surface area contributed by atoms with E-state index in [2.05, 4.69) is 10.6 Å². The number of benzene rings is 1. The number of hydrogen-bond donors (Lipinski definition) is 2. The lowest BCUT2D eigenvalue weighted by atomic mass is 9.83. The summed E-state index contributed by atoms with van der Waals surface area (Å²) in [6, 6.07) is 10.2. The fourth-order valence-electron chi connectivity index (χ4n) is 4.59. The first kappa shape index (κ1) is 22.4. The Kier molecular flexibility index (Phi) is 6.83. The van der Waals surface area contributed by atoms with Crippen molar-refractivity contribution in [2.75, 3.05) is 30.4 Å². The molecule has 1 saturated heterocycles. The second-order valence-electron chi connectivity index (χ2n) is 8.36. The van der Waals surface area contributed by atoms with Crippen molar-refractivity contribution in [1.82, 2.24) is 14.8 Å². The van der Waals surface area contributed by atoms with E-state index in [0.29, 0.717) is 31.8 Å². The molecule has 1 aromatic heterocycles. The maximum absolute atomic E-state index is 14.0. The number of anilines is 1. The highest BCUT2D eigenvalue weighted by molar-refractivity contribution is 7.98. The van der Waals surface area contributed by atoms with Crippen molar-refractivity contribution >= 4 is 29.4 Å². The number of nitrogens with zero attached hydrogens (tertiary/aromatic N) is 2. The molecule has 2 aliphatic rings. The number of halogens is 1. The van der Waals surface area contributed by atoms with Gasteiger partial charge < -0.3 is 20.1 Å². The molecule has 4 rings (SSSR count). The largest absolute Gasteiger partial charge is 0.326 e. The first-order chi connectivity index (χ1) is 15.5. The molecule has 0 saturated carbocycles. The summed E-state index contributed by atoms with van der Waals surface area (Å²) in [5.74, 6) is 0.0140. The van der Waals surface area contributed by atoms with Crippen molar-refractivity contribution < 1.29 is 14.0 Å². The van der Waals surface area contributed by atoms with Crippen molar-refractivity contribution in [3.05, 3.63) is 64.3 Å². The van der Waals surface area contributed by atoms with E-state index in [1.165, 1.54) is 12.1 Å². The Morgan fingerprint density at radius 2 is 1.97 bits per heavy atom. The van der Waals surface area contributed by atoms with Crippen LogP contribution >= 0.6 is 11.8 Å². The number of thioether (sulfide) groups is 1. The smallest absolute Gasteiger partial charge is 0.318 e. The lowest BCUT2D eigenvalue weighted by Crippen LogP contribution is -2.55. The zero-order valence-electron chi connectivity index (χ0n) is 17.9. The molecular formula is C23H27FN4O3S. The number of pyridine rings is 1. The van der Waals surface area contributed by atoms with Crippen LogP contribution in [0.2, 0.25) is 0 Å². The number of carbonyl (C=O) groups is 2. The highest BCUT2D eigenvalue weighted by Crippen LogP contribution is 2.34. The van der Waals surface area contributed by atoms with Crippen molar-refractivity contribution in [2.24, 2.45) is 5.92 Å². The van der Waals surface area contributed by atoms with Gasteiger partial charge >= 0.3 is 6.03 Å². The van der Waals surface area contributed by atoms with Gasteiger partial charge in [0, 0.05) is 37.3 Å². The third-order valence-electron chi connectivity index (χ3n) is 6.12.